The van der Waals surface area contributed by atoms with Gasteiger partial charge >= 0.3 is 0 Å². The molecule has 26 heavy (non-hydrogen) atoms. The Bertz CT molecular complexity index is 725. The predicted octanol–water partition coefficient (Wildman–Crippen LogP) is 3.68. The van der Waals surface area contributed by atoms with Crippen LogP contribution in [0.15, 0.2) is 53.5 Å². The van der Waals surface area contributed by atoms with Crippen LogP contribution in [0.5, 0.6) is 5.75 Å². The molecule has 0 aromatic heterocycles. The third kappa shape index (κ3) is 6.76. The minimum atomic E-state index is 0.407. The van der Waals surface area contributed by atoms with E-state index in [1.54, 1.807) is 0 Å². The van der Waals surface area contributed by atoms with Crippen LogP contribution in [-0.4, -0.2) is 38.1 Å². The fourth-order valence-electron chi connectivity index (χ4n) is 2.42. The molecule has 0 bridgehead atoms. The van der Waals surface area contributed by atoms with E-state index in [1.807, 2.05) is 50.5 Å². The number of nitrogens with zero attached hydrogens (tertiary/aromatic N) is 2. The van der Waals surface area contributed by atoms with Gasteiger partial charge in [-0.15, -0.1) is 0 Å². The number of aliphatic imine (C=N–C) groups is 1. The molecule has 0 atom stereocenters. The van der Waals surface area contributed by atoms with E-state index in [-0.39, 0.29) is 0 Å². The monoisotopic (exact) mass is 354 g/mol. The summed E-state index contributed by atoms with van der Waals surface area (Å²) in [7, 11) is 4.06. The number of hydrogen-bond donors (Lipinski definition) is 2. The van der Waals surface area contributed by atoms with Crippen molar-refractivity contribution in [2.24, 2.45) is 10.7 Å². The maximum atomic E-state index is 6.03. The lowest BCUT2D eigenvalue weighted by Crippen LogP contribution is -2.22. The molecule has 2 aromatic carbocycles. The quantitative estimate of drug-likeness (QED) is 0.561. The molecule has 0 aliphatic rings. The molecule has 0 fully saturated rings. The van der Waals surface area contributed by atoms with Crippen molar-refractivity contribution in [1.29, 1.82) is 0 Å². The van der Waals surface area contributed by atoms with Crippen LogP contribution in [0.4, 0.5) is 5.69 Å². The number of hydrogen-bond acceptors (Lipinski definition) is 3. The second kappa shape index (κ2) is 9.82. The van der Waals surface area contributed by atoms with Crippen LogP contribution in [0.3, 0.4) is 0 Å². The summed E-state index contributed by atoms with van der Waals surface area (Å²) in [5, 5.41) is 3.16. The van der Waals surface area contributed by atoms with Gasteiger partial charge in [-0.3, -0.25) is 0 Å². The number of rotatable bonds is 8. The van der Waals surface area contributed by atoms with E-state index in [0.717, 1.165) is 23.5 Å². The fraction of sp³-hybridized carbons (Fsp3) is 0.381. The van der Waals surface area contributed by atoms with Crippen molar-refractivity contribution in [3.63, 3.8) is 0 Å². The number of likely N-dealkylation sites (N-methyl/N-ethyl adjacent to an activating group) is 1. The van der Waals surface area contributed by atoms with Crippen molar-refractivity contribution in [3.8, 4) is 5.75 Å². The number of nitrogens with two attached hydrogens (primary N) is 1. The summed E-state index contributed by atoms with van der Waals surface area (Å²) < 4.78 is 5.76. The minimum Gasteiger partial charge on any atom is -0.492 e. The average Bonchev–Trinajstić information content (AvgIpc) is 2.60. The van der Waals surface area contributed by atoms with Crippen LogP contribution >= 0.6 is 0 Å². The van der Waals surface area contributed by atoms with E-state index in [4.69, 9.17) is 10.5 Å². The standard InChI is InChI=1S/C21H30N4O/c1-16(2)18-8-6-9-19(14-18)24-21(22)23-15-17-7-5-10-20(13-17)26-12-11-25(3)4/h5-10,13-14,16H,11-12,15H2,1-4H3,(H3,22,23,24). The van der Waals surface area contributed by atoms with Crippen molar-refractivity contribution in [2.75, 3.05) is 32.6 Å². The highest BCUT2D eigenvalue weighted by Crippen LogP contribution is 2.18. The van der Waals surface area contributed by atoms with Gasteiger partial charge in [0.2, 0.25) is 0 Å². The number of nitrogens with one attached hydrogen (secondary N) is 1. The molecule has 140 valence electrons. The van der Waals surface area contributed by atoms with Crippen LogP contribution in [-0.2, 0) is 6.54 Å². The summed E-state index contributed by atoms with van der Waals surface area (Å²) in [6.45, 7) is 6.40. The van der Waals surface area contributed by atoms with Gasteiger partial charge in [-0.1, -0.05) is 38.1 Å². The van der Waals surface area contributed by atoms with Crippen LogP contribution in [0, 0.1) is 0 Å². The number of guanidine groups is 1. The first-order valence-electron chi connectivity index (χ1n) is 8.97. The molecule has 5 heteroatoms. The lowest BCUT2D eigenvalue weighted by atomic mass is 10.0. The second-order valence-corrected chi connectivity index (χ2v) is 6.91. The van der Waals surface area contributed by atoms with Crippen molar-refractivity contribution in [1.82, 2.24) is 4.90 Å². The highest BCUT2D eigenvalue weighted by atomic mass is 16.5. The first-order chi connectivity index (χ1) is 12.4. The molecule has 0 unspecified atom stereocenters. The van der Waals surface area contributed by atoms with Gasteiger partial charge in [-0.25, -0.2) is 4.99 Å². The summed E-state index contributed by atoms with van der Waals surface area (Å²) >= 11 is 0. The summed E-state index contributed by atoms with van der Waals surface area (Å²) in [6, 6.07) is 16.2. The summed E-state index contributed by atoms with van der Waals surface area (Å²) in [4.78, 5) is 6.53. The third-order valence-corrected chi connectivity index (χ3v) is 3.96. The topological polar surface area (TPSA) is 62.9 Å². The molecule has 2 aromatic rings. The Hall–Kier alpha value is -2.53. The zero-order valence-electron chi connectivity index (χ0n) is 16.2. The first kappa shape index (κ1) is 19.8. The SMILES string of the molecule is CC(C)c1cccc(NC(N)=NCc2cccc(OCCN(C)C)c2)c1. The molecular weight excluding hydrogens is 324 g/mol. The van der Waals surface area contributed by atoms with Crippen molar-refractivity contribution >= 4 is 11.6 Å². The zero-order valence-corrected chi connectivity index (χ0v) is 16.2. The predicted molar refractivity (Wildman–Crippen MR) is 110 cm³/mol. The summed E-state index contributed by atoms with van der Waals surface area (Å²) in [5.41, 5.74) is 9.32. The van der Waals surface area contributed by atoms with Crippen LogP contribution in [0.25, 0.3) is 0 Å². The van der Waals surface area contributed by atoms with E-state index in [9.17, 15) is 0 Å². The van der Waals surface area contributed by atoms with Gasteiger partial charge in [0.05, 0.1) is 6.54 Å². The lowest BCUT2D eigenvalue weighted by molar-refractivity contribution is 0.261. The van der Waals surface area contributed by atoms with Gasteiger partial charge < -0.3 is 20.7 Å². The van der Waals surface area contributed by atoms with Crippen molar-refractivity contribution in [2.45, 2.75) is 26.3 Å². The van der Waals surface area contributed by atoms with Crippen LogP contribution < -0.4 is 15.8 Å². The van der Waals surface area contributed by atoms with Gasteiger partial charge in [-0.05, 0) is 55.4 Å². The largest absolute Gasteiger partial charge is 0.492 e. The van der Waals surface area contributed by atoms with Gasteiger partial charge in [0, 0.05) is 12.2 Å². The normalized spacial score (nSPS) is 11.8. The second-order valence-electron chi connectivity index (χ2n) is 6.91. The molecule has 5 nitrogen and oxygen atoms in total. The molecule has 2 rings (SSSR count). The molecule has 0 saturated heterocycles. The van der Waals surface area contributed by atoms with Crippen molar-refractivity contribution < 1.29 is 4.74 Å². The van der Waals surface area contributed by atoms with Gasteiger partial charge in [-0.2, -0.15) is 0 Å². The maximum Gasteiger partial charge on any atom is 0.193 e. The molecule has 0 spiro atoms. The summed E-state index contributed by atoms with van der Waals surface area (Å²) in [6.07, 6.45) is 0. The highest BCUT2D eigenvalue weighted by Gasteiger charge is 2.02. The molecule has 0 amide bonds. The third-order valence-electron chi connectivity index (χ3n) is 3.96. The average molecular weight is 354 g/mol. The van der Waals surface area contributed by atoms with Crippen LogP contribution in [0.2, 0.25) is 0 Å². The molecule has 0 saturated carbocycles. The van der Waals surface area contributed by atoms with E-state index in [1.165, 1.54) is 5.56 Å². The van der Waals surface area contributed by atoms with E-state index < -0.39 is 0 Å². The maximum absolute atomic E-state index is 6.03. The van der Waals surface area contributed by atoms with Gasteiger partial charge in [0.25, 0.3) is 0 Å². The fourth-order valence-corrected chi connectivity index (χ4v) is 2.42. The Morgan fingerprint density at radius 3 is 2.65 bits per heavy atom. The smallest absolute Gasteiger partial charge is 0.193 e. The molecule has 0 radical (unpaired) electrons. The molecule has 0 heterocycles. The number of anilines is 1. The lowest BCUT2D eigenvalue weighted by Gasteiger charge is -2.12. The molecule has 3 N–H and O–H groups in total. The number of benzene rings is 2. The van der Waals surface area contributed by atoms with Crippen LogP contribution in [0.1, 0.15) is 30.9 Å². The minimum absolute atomic E-state index is 0.407. The van der Waals surface area contributed by atoms with E-state index in [2.05, 4.69) is 41.2 Å². The van der Waals surface area contributed by atoms with Gasteiger partial charge in [0.15, 0.2) is 5.96 Å². The van der Waals surface area contributed by atoms with Crippen molar-refractivity contribution in [3.05, 3.63) is 59.7 Å². The Balaban J connectivity index is 1.93. The number of ether oxygens (including phenoxy) is 1. The van der Waals surface area contributed by atoms with E-state index in [0.29, 0.717) is 25.0 Å². The Morgan fingerprint density at radius 2 is 1.92 bits per heavy atom. The Morgan fingerprint density at radius 1 is 1.15 bits per heavy atom. The Kier molecular flexibility index (Phi) is 7.48. The Labute approximate surface area is 156 Å². The summed E-state index contributed by atoms with van der Waals surface area (Å²) in [5.74, 6) is 1.74. The first-order valence-corrected chi connectivity index (χ1v) is 8.97. The zero-order chi connectivity index (χ0) is 18.9. The van der Waals surface area contributed by atoms with E-state index >= 15 is 0 Å². The highest BCUT2D eigenvalue weighted by molar-refractivity contribution is 5.92. The molecule has 0 aliphatic carbocycles. The molecular formula is C21H30N4O. The molecule has 0 aliphatic heterocycles. The van der Waals surface area contributed by atoms with Gasteiger partial charge in [0.1, 0.15) is 12.4 Å².